The molecule has 0 aromatic heterocycles. The van der Waals surface area contributed by atoms with E-state index in [1.165, 1.54) is 10.8 Å². The molecule has 3 atom stereocenters. The number of carbonyl (C=O) groups excluding carboxylic acids is 1. The Hall–Kier alpha value is -1.87. The predicted molar refractivity (Wildman–Crippen MR) is 93.8 cm³/mol. The smallest absolute Gasteiger partial charge is 0.226 e. The molecule has 1 N–H and O–H groups in total. The number of hydrogen-bond donors (Lipinski definition) is 1. The fourth-order valence-corrected chi connectivity index (χ4v) is 6.26. The second kappa shape index (κ2) is 5.73. The van der Waals surface area contributed by atoms with Crippen molar-refractivity contribution in [3.05, 3.63) is 66.2 Å². The van der Waals surface area contributed by atoms with Gasteiger partial charge in [0.25, 0.3) is 0 Å². The molecule has 2 nitrogen and oxygen atoms in total. The molecule has 2 aromatic rings. The van der Waals surface area contributed by atoms with Crippen molar-refractivity contribution in [2.24, 2.45) is 5.92 Å². The third-order valence-electron chi connectivity index (χ3n) is 5.31. The Morgan fingerprint density at radius 3 is 2.05 bits per heavy atom. The van der Waals surface area contributed by atoms with Gasteiger partial charge in [0, 0.05) is 0 Å². The van der Waals surface area contributed by atoms with Gasteiger partial charge in [-0.3, -0.25) is 4.79 Å². The summed E-state index contributed by atoms with van der Waals surface area (Å²) in [6.07, 6.45) is 0. The molecule has 0 aliphatic carbocycles. The van der Waals surface area contributed by atoms with Crippen LogP contribution in [0.2, 0.25) is 18.6 Å². The van der Waals surface area contributed by atoms with Gasteiger partial charge in [-0.2, -0.15) is 0 Å². The van der Waals surface area contributed by atoms with Gasteiger partial charge in [0.2, 0.25) is 5.91 Å². The minimum absolute atomic E-state index is 0.0873. The largest absolute Gasteiger partial charge is 0.348 e. The number of amides is 1. The highest BCUT2D eigenvalue weighted by molar-refractivity contribution is 6.91. The van der Waals surface area contributed by atoms with E-state index in [1.807, 2.05) is 18.2 Å². The summed E-state index contributed by atoms with van der Waals surface area (Å²) in [5.41, 5.74) is 1.62. The molecule has 1 saturated heterocycles. The van der Waals surface area contributed by atoms with Crippen LogP contribution in [0.4, 0.5) is 0 Å². The van der Waals surface area contributed by atoms with Gasteiger partial charge >= 0.3 is 0 Å². The van der Waals surface area contributed by atoms with Crippen LogP contribution in [0.15, 0.2) is 60.7 Å². The van der Waals surface area contributed by atoms with Crippen LogP contribution in [-0.2, 0) is 4.79 Å². The van der Waals surface area contributed by atoms with Gasteiger partial charge < -0.3 is 5.32 Å². The molecular weight excluding hydrogens is 286 g/mol. The SMILES string of the molecule is C[C@H]([C@H]1C(=O)N[C@@H]1c1ccccc1)[Si](C)(C)c1ccccc1. The Morgan fingerprint density at radius 2 is 1.50 bits per heavy atom. The van der Waals surface area contributed by atoms with Gasteiger partial charge in [-0.05, 0) is 11.1 Å². The first-order chi connectivity index (χ1) is 10.5. The molecule has 1 fully saturated rings. The minimum Gasteiger partial charge on any atom is -0.348 e. The van der Waals surface area contributed by atoms with E-state index in [-0.39, 0.29) is 17.9 Å². The van der Waals surface area contributed by atoms with E-state index in [9.17, 15) is 4.79 Å². The van der Waals surface area contributed by atoms with Crippen LogP contribution in [0.25, 0.3) is 0 Å². The lowest BCUT2D eigenvalue weighted by Gasteiger charge is -2.45. The van der Waals surface area contributed by atoms with Crippen molar-refractivity contribution >= 4 is 19.2 Å². The molecule has 0 spiro atoms. The molecule has 1 heterocycles. The van der Waals surface area contributed by atoms with E-state index in [2.05, 4.69) is 67.8 Å². The van der Waals surface area contributed by atoms with E-state index >= 15 is 0 Å². The van der Waals surface area contributed by atoms with Gasteiger partial charge in [-0.25, -0.2) is 0 Å². The standard InChI is InChI=1S/C19H23NOSi/c1-14(22(2,3)16-12-8-5-9-13-16)17-18(20-19(17)21)15-10-6-4-7-11-15/h4-14,17-18H,1-3H3,(H,20,21)/t14-,17-,18-/m1/s1. The highest BCUT2D eigenvalue weighted by Gasteiger charge is 2.49. The van der Waals surface area contributed by atoms with E-state index < -0.39 is 8.07 Å². The normalized spacial score (nSPS) is 22.6. The monoisotopic (exact) mass is 309 g/mol. The van der Waals surface area contributed by atoms with Crippen molar-refractivity contribution in [3.63, 3.8) is 0 Å². The maximum Gasteiger partial charge on any atom is 0.226 e. The Kier molecular flexibility index (Phi) is 3.91. The van der Waals surface area contributed by atoms with Crippen LogP contribution in [0.5, 0.6) is 0 Å². The number of β-lactam (4-membered cyclic amide) rings is 1. The molecule has 1 aliphatic rings. The Morgan fingerprint density at radius 1 is 0.955 bits per heavy atom. The van der Waals surface area contributed by atoms with Gasteiger partial charge in [0.15, 0.2) is 0 Å². The molecule has 1 aliphatic heterocycles. The van der Waals surface area contributed by atoms with Crippen molar-refractivity contribution < 1.29 is 4.79 Å². The zero-order valence-corrected chi connectivity index (χ0v) is 14.4. The highest BCUT2D eigenvalue weighted by atomic mass is 28.3. The zero-order chi connectivity index (χ0) is 15.7. The number of carbonyl (C=O) groups is 1. The molecule has 0 saturated carbocycles. The second-order valence-corrected chi connectivity index (χ2v) is 11.7. The van der Waals surface area contributed by atoms with Gasteiger partial charge in [-0.1, -0.05) is 85.9 Å². The van der Waals surface area contributed by atoms with Crippen LogP contribution in [0.1, 0.15) is 18.5 Å². The van der Waals surface area contributed by atoms with Crippen LogP contribution < -0.4 is 10.5 Å². The van der Waals surface area contributed by atoms with E-state index in [4.69, 9.17) is 0 Å². The molecule has 3 heteroatoms. The number of nitrogens with one attached hydrogen (secondary N) is 1. The molecular formula is C19H23NOSi. The maximum atomic E-state index is 12.2. The predicted octanol–water partition coefficient (Wildman–Crippen LogP) is 3.48. The molecule has 2 aromatic carbocycles. The summed E-state index contributed by atoms with van der Waals surface area (Å²) in [6.45, 7) is 7.01. The van der Waals surface area contributed by atoms with Crippen LogP contribution >= 0.6 is 0 Å². The van der Waals surface area contributed by atoms with Crippen molar-refractivity contribution in [3.8, 4) is 0 Å². The summed E-state index contributed by atoms with van der Waals surface area (Å²) in [5.74, 6) is 0.294. The fourth-order valence-electron chi connectivity index (χ4n) is 3.44. The van der Waals surface area contributed by atoms with Crippen LogP contribution in [-0.4, -0.2) is 14.0 Å². The lowest BCUT2D eigenvalue weighted by molar-refractivity contribution is -0.135. The number of hydrogen-bond acceptors (Lipinski definition) is 1. The Balaban J connectivity index is 1.87. The third-order valence-corrected chi connectivity index (χ3v) is 9.77. The maximum absolute atomic E-state index is 12.2. The first-order valence-electron chi connectivity index (χ1n) is 7.92. The topological polar surface area (TPSA) is 29.1 Å². The molecule has 0 bridgehead atoms. The quantitative estimate of drug-likeness (QED) is 0.680. The minimum atomic E-state index is -1.69. The van der Waals surface area contributed by atoms with Crippen LogP contribution in [0.3, 0.4) is 0 Å². The Labute approximate surface area is 133 Å². The Bertz CT molecular complexity index is 654. The lowest BCUT2D eigenvalue weighted by atomic mass is 9.83. The first kappa shape index (κ1) is 15.0. The molecule has 1 amide bonds. The highest BCUT2D eigenvalue weighted by Crippen LogP contribution is 2.43. The summed E-state index contributed by atoms with van der Waals surface area (Å²) < 4.78 is 0. The third kappa shape index (κ3) is 2.50. The van der Waals surface area contributed by atoms with Crippen molar-refractivity contribution in [2.75, 3.05) is 0 Å². The summed E-state index contributed by atoms with van der Waals surface area (Å²) >= 11 is 0. The van der Waals surface area contributed by atoms with Crippen LogP contribution in [0, 0.1) is 5.92 Å². The summed E-state index contributed by atoms with van der Waals surface area (Å²) in [4.78, 5) is 12.2. The lowest BCUT2D eigenvalue weighted by Crippen LogP contribution is -2.59. The van der Waals surface area contributed by atoms with E-state index in [0.29, 0.717) is 5.54 Å². The molecule has 0 unspecified atom stereocenters. The average molecular weight is 309 g/mol. The summed E-state index contributed by atoms with van der Waals surface area (Å²) in [7, 11) is -1.69. The zero-order valence-electron chi connectivity index (χ0n) is 13.4. The number of rotatable bonds is 4. The molecule has 3 rings (SSSR count). The summed E-state index contributed by atoms with van der Waals surface area (Å²) in [6, 6.07) is 21.2. The van der Waals surface area contributed by atoms with Gasteiger partial charge in [-0.15, -0.1) is 0 Å². The van der Waals surface area contributed by atoms with Crippen molar-refractivity contribution in [1.82, 2.24) is 5.32 Å². The van der Waals surface area contributed by atoms with Crippen molar-refractivity contribution in [1.29, 1.82) is 0 Å². The fraction of sp³-hybridized carbons (Fsp3) is 0.316. The van der Waals surface area contributed by atoms with Gasteiger partial charge in [0.1, 0.15) is 0 Å². The summed E-state index contributed by atoms with van der Waals surface area (Å²) in [5, 5.41) is 4.52. The molecule has 22 heavy (non-hydrogen) atoms. The molecule has 0 radical (unpaired) electrons. The number of benzene rings is 2. The second-order valence-electron chi connectivity index (χ2n) is 6.80. The van der Waals surface area contributed by atoms with E-state index in [0.717, 1.165) is 0 Å². The molecule has 114 valence electrons. The average Bonchev–Trinajstić information content (AvgIpc) is 2.54. The van der Waals surface area contributed by atoms with Crippen molar-refractivity contribution in [2.45, 2.75) is 31.6 Å². The van der Waals surface area contributed by atoms with Gasteiger partial charge in [0.05, 0.1) is 20.0 Å². The van der Waals surface area contributed by atoms with E-state index in [1.54, 1.807) is 0 Å². The first-order valence-corrected chi connectivity index (χ1v) is 11.0.